The van der Waals surface area contributed by atoms with Crippen molar-refractivity contribution in [2.24, 2.45) is 11.7 Å². The SMILES string of the molecule is NC1C=CC2(O)CC(O)CC1C2. The lowest BCUT2D eigenvalue weighted by atomic mass is 9.70. The highest BCUT2D eigenvalue weighted by Crippen LogP contribution is 2.38. The van der Waals surface area contributed by atoms with Gasteiger partial charge in [0.1, 0.15) is 0 Å². The molecule has 2 aliphatic carbocycles. The van der Waals surface area contributed by atoms with E-state index < -0.39 is 5.60 Å². The maximum absolute atomic E-state index is 9.89. The molecule has 0 amide bonds. The molecule has 4 N–H and O–H groups in total. The summed E-state index contributed by atoms with van der Waals surface area (Å²) in [5.74, 6) is 0.253. The Hall–Kier alpha value is -0.380. The van der Waals surface area contributed by atoms with Crippen LogP contribution in [0.15, 0.2) is 12.2 Å². The van der Waals surface area contributed by atoms with Crippen LogP contribution in [0.4, 0.5) is 0 Å². The first-order valence-electron chi connectivity index (χ1n) is 4.44. The lowest BCUT2D eigenvalue weighted by molar-refractivity contribution is -0.0424. The number of aliphatic hydroxyl groups is 2. The average Bonchev–Trinajstić information content (AvgIpc) is 1.96. The van der Waals surface area contributed by atoms with E-state index in [9.17, 15) is 10.2 Å². The summed E-state index contributed by atoms with van der Waals surface area (Å²) >= 11 is 0. The van der Waals surface area contributed by atoms with E-state index in [-0.39, 0.29) is 18.1 Å². The Morgan fingerprint density at radius 2 is 2.17 bits per heavy atom. The number of hydrogen-bond donors (Lipinski definition) is 3. The van der Waals surface area contributed by atoms with E-state index in [0.717, 1.165) is 6.42 Å². The highest BCUT2D eigenvalue weighted by molar-refractivity contribution is 5.15. The van der Waals surface area contributed by atoms with Gasteiger partial charge in [-0.15, -0.1) is 0 Å². The lowest BCUT2D eigenvalue weighted by Gasteiger charge is -2.42. The third-order valence-electron chi connectivity index (χ3n) is 2.95. The van der Waals surface area contributed by atoms with Crippen LogP contribution in [0.1, 0.15) is 19.3 Å². The quantitative estimate of drug-likeness (QED) is 0.439. The van der Waals surface area contributed by atoms with Crippen LogP contribution in [0.25, 0.3) is 0 Å². The van der Waals surface area contributed by atoms with E-state index in [1.165, 1.54) is 0 Å². The van der Waals surface area contributed by atoms with Gasteiger partial charge in [-0.05, 0) is 18.8 Å². The standard InChI is InChI=1S/C9H15NO2/c10-8-1-2-9(12)4-6(8)3-7(11)5-9/h1-2,6-8,11-12H,3-5,10H2. The highest BCUT2D eigenvalue weighted by atomic mass is 16.3. The maximum atomic E-state index is 9.89. The summed E-state index contributed by atoms with van der Waals surface area (Å²) in [7, 11) is 0. The minimum absolute atomic E-state index is 0.0141. The molecule has 3 heteroatoms. The summed E-state index contributed by atoms with van der Waals surface area (Å²) in [5.41, 5.74) is 5.02. The van der Waals surface area contributed by atoms with Gasteiger partial charge < -0.3 is 15.9 Å². The molecule has 0 saturated heterocycles. The van der Waals surface area contributed by atoms with Crippen molar-refractivity contribution in [2.45, 2.75) is 37.0 Å². The molecular weight excluding hydrogens is 154 g/mol. The van der Waals surface area contributed by atoms with Gasteiger partial charge in [0.25, 0.3) is 0 Å². The van der Waals surface area contributed by atoms with Crippen molar-refractivity contribution in [2.75, 3.05) is 0 Å². The van der Waals surface area contributed by atoms with E-state index >= 15 is 0 Å². The molecule has 0 aromatic carbocycles. The van der Waals surface area contributed by atoms with Crippen molar-refractivity contribution in [1.29, 1.82) is 0 Å². The second-order valence-electron chi connectivity index (χ2n) is 4.10. The number of rotatable bonds is 0. The van der Waals surface area contributed by atoms with Gasteiger partial charge in [-0.2, -0.15) is 0 Å². The molecule has 0 spiro atoms. The molecule has 12 heavy (non-hydrogen) atoms. The number of nitrogens with two attached hydrogens (primary N) is 1. The third kappa shape index (κ3) is 1.28. The van der Waals surface area contributed by atoms with Crippen LogP contribution in [-0.4, -0.2) is 28.0 Å². The first-order chi connectivity index (χ1) is 5.59. The zero-order valence-corrected chi connectivity index (χ0v) is 6.98. The number of fused-ring (bicyclic) bond motifs is 2. The Labute approximate surface area is 71.9 Å². The van der Waals surface area contributed by atoms with Crippen molar-refractivity contribution in [1.82, 2.24) is 0 Å². The van der Waals surface area contributed by atoms with Crippen molar-refractivity contribution in [3.05, 3.63) is 12.2 Å². The molecule has 4 unspecified atom stereocenters. The summed E-state index contributed by atoms with van der Waals surface area (Å²) in [6.07, 6.45) is 5.13. The fourth-order valence-electron chi connectivity index (χ4n) is 2.34. The lowest BCUT2D eigenvalue weighted by Crippen LogP contribution is -2.48. The molecule has 0 radical (unpaired) electrons. The smallest absolute Gasteiger partial charge is 0.0856 e. The van der Waals surface area contributed by atoms with Crippen molar-refractivity contribution < 1.29 is 10.2 Å². The second kappa shape index (κ2) is 2.55. The molecule has 0 heterocycles. The monoisotopic (exact) mass is 169 g/mol. The van der Waals surface area contributed by atoms with E-state index in [0.29, 0.717) is 12.8 Å². The number of aliphatic hydroxyl groups excluding tert-OH is 1. The van der Waals surface area contributed by atoms with E-state index in [1.54, 1.807) is 6.08 Å². The van der Waals surface area contributed by atoms with Gasteiger partial charge in [0.15, 0.2) is 0 Å². The van der Waals surface area contributed by atoms with Crippen LogP contribution in [0.3, 0.4) is 0 Å². The minimum atomic E-state index is -0.780. The summed E-state index contributed by atoms with van der Waals surface area (Å²) < 4.78 is 0. The predicted octanol–water partition coefficient (Wildman–Crippen LogP) is -0.224. The topological polar surface area (TPSA) is 66.5 Å². The Balaban J connectivity index is 2.23. The van der Waals surface area contributed by atoms with Crippen LogP contribution in [0, 0.1) is 5.92 Å². The summed E-state index contributed by atoms with van der Waals surface area (Å²) in [6.45, 7) is 0. The van der Waals surface area contributed by atoms with Crippen LogP contribution < -0.4 is 5.73 Å². The van der Waals surface area contributed by atoms with Crippen molar-refractivity contribution >= 4 is 0 Å². The van der Waals surface area contributed by atoms with Crippen LogP contribution in [0.5, 0.6) is 0 Å². The molecule has 3 nitrogen and oxygen atoms in total. The first kappa shape index (κ1) is 8.23. The van der Waals surface area contributed by atoms with Gasteiger partial charge in [-0.1, -0.05) is 12.2 Å². The Kier molecular flexibility index (Phi) is 1.75. The normalized spacial score (nSPS) is 52.4. The van der Waals surface area contributed by atoms with Gasteiger partial charge in [-0.25, -0.2) is 0 Å². The Morgan fingerprint density at radius 1 is 1.42 bits per heavy atom. The van der Waals surface area contributed by atoms with Crippen LogP contribution in [0.2, 0.25) is 0 Å². The summed E-state index contributed by atoms with van der Waals surface area (Å²) in [4.78, 5) is 0. The average molecular weight is 169 g/mol. The van der Waals surface area contributed by atoms with E-state index in [4.69, 9.17) is 5.73 Å². The largest absolute Gasteiger partial charge is 0.393 e. The van der Waals surface area contributed by atoms with Gasteiger partial charge >= 0.3 is 0 Å². The molecule has 0 aliphatic heterocycles. The van der Waals surface area contributed by atoms with Gasteiger partial charge in [0.05, 0.1) is 11.7 Å². The van der Waals surface area contributed by atoms with Crippen molar-refractivity contribution in [3.63, 3.8) is 0 Å². The van der Waals surface area contributed by atoms with Gasteiger partial charge in [-0.3, -0.25) is 0 Å². The second-order valence-corrected chi connectivity index (χ2v) is 4.10. The molecule has 4 atom stereocenters. The predicted molar refractivity (Wildman–Crippen MR) is 45.4 cm³/mol. The summed E-state index contributed by atoms with van der Waals surface area (Å²) in [5, 5.41) is 19.3. The number of hydrogen-bond acceptors (Lipinski definition) is 3. The fraction of sp³-hybridized carbons (Fsp3) is 0.778. The van der Waals surface area contributed by atoms with Gasteiger partial charge in [0, 0.05) is 12.5 Å². The van der Waals surface area contributed by atoms with E-state index in [1.807, 2.05) is 6.08 Å². The molecule has 68 valence electrons. The van der Waals surface area contributed by atoms with Crippen molar-refractivity contribution in [3.8, 4) is 0 Å². The van der Waals surface area contributed by atoms with E-state index in [2.05, 4.69) is 0 Å². The third-order valence-corrected chi connectivity index (χ3v) is 2.95. The Morgan fingerprint density at radius 3 is 2.92 bits per heavy atom. The molecule has 1 saturated carbocycles. The first-order valence-corrected chi connectivity index (χ1v) is 4.44. The van der Waals surface area contributed by atoms with Gasteiger partial charge in [0.2, 0.25) is 0 Å². The molecule has 0 aromatic rings. The minimum Gasteiger partial charge on any atom is -0.393 e. The maximum Gasteiger partial charge on any atom is 0.0856 e. The molecule has 2 bridgehead atoms. The summed E-state index contributed by atoms with van der Waals surface area (Å²) in [6, 6.07) is 0.0141. The van der Waals surface area contributed by atoms with Crippen LogP contribution >= 0.6 is 0 Å². The zero-order valence-electron chi connectivity index (χ0n) is 6.98. The molecule has 2 rings (SSSR count). The zero-order chi connectivity index (χ0) is 8.77. The Bertz CT molecular complexity index is 217. The highest BCUT2D eigenvalue weighted by Gasteiger charge is 2.41. The molecule has 0 aromatic heterocycles. The molecule has 1 fully saturated rings. The molecular formula is C9H15NO2. The molecule has 2 aliphatic rings. The fourth-order valence-corrected chi connectivity index (χ4v) is 2.34. The van der Waals surface area contributed by atoms with Crippen LogP contribution in [-0.2, 0) is 0 Å².